The van der Waals surface area contributed by atoms with Gasteiger partial charge in [0.15, 0.2) is 5.72 Å². The monoisotopic (exact) mass is 321 g/mol. The second-order valence-electron chi connectivity index (χ2n) is 6.89. The summed E-state index contributed by atoms with van der Waals surface area (Å²) in [5.41, 5.74) is -0.218. The number of hydrogen-bond acceptors (Lipinski definition) is 4. The van der Waals surface area contributed by atoms with Crippen molar-refractivity contribution in [2.45, 2.75) is 51.5 Å². The predicted molar refractivity (Wildman–Crippen MR) is 88.0 cm³/mol. The van der Waals surface area contributed by atoms with Gasteiger partial charge in [0.05, 0.1) is 13.2 Å². The van der Waals surface area contributed by atoms with Crippen LogP contribution in [0, 0.1) is 0 Å². The molecule has 1 atom stereocenters. The number of nitrogens with zero attached hydrogens (tertiary/aromatic N) is 1. The molecule has 0 radical (unpaired) electrons. The lowest BCUT2D eigenvalue weighted by Crippen LogP contribution is -2.53. The van der Waals surface area contributed by atoms with Crippen molar-refractivity contribution in [2.24, 2.45) is 0 Å². The topological polar surface area (TPSA) is 48.0 Å². The first-order valence-electron chi connectivity index (χ1n) is 8.04. The fourth-order valence-corrected chi connectivity index (χ4v) is 2.79. The number of carbonyl (C=O) groups is 1. The molecule has 23 heavy (non-hydrogen) atoms. The first-order valence-corrected chi connectivity index (χ1v) is 8.04. The Balaban J connectivity index is 2.12. The molecule has 1 heterocycles. The summed E-state index contributed by atoms with van der Waals surface area (Å²) in [6, 6.07) is 9.93. The number of carbonyl (C=O) groups excluding carboxylic acids is 1. The number of hydrogen-bond donors (Lipinski definition) is 0. The van der Waals surface area contributed by atoms with E-state index in [1.165, 1.54) is 0 Å². The molecule has 1 aromatic carbocycles. The maximum Gasteiger partial charge on any atom is 0.412 e. The largest absolute Gasteiger partial charge is 0.444 e. The zero-order valence-corrected chi connectivity index (χ0v) is 14.5. The second-order valence-corrected chi connectivity index (χ2v) is 6.89. The molecule has 1 aliphatic heterocycles. The molecular formula is C18H27NO4. The number of rotatable bonds is 5. The maximum atomic E-state index is 12.5. The van der Waals surface area contributed by atoms with Gasteiger partial charge in [0.25, 0.3) is 0 Å². The van der Waals surface area contributed by atoms with Gasteiger partial charge in [-0.25, -0.2) is 4.79 Å². The summed E-state index contributed by atoms with van der Waals surface area (Å²) in [5.74, 6) is 0. The SMILES string of the molecule is COCC1(OCc2ccccc2)CCCN1C(=O)OC(C)(C)C. The molecule has 1 fully saturated rings. The molecule has 0 saturated carbocycles. The van der Waals surface area contributed by atoms with Crippen LogP contribution in [0.2, 0.25) is 0 Å². The lowest BCUT2D eigenvalue weighted by Gasteiger charge is -2.38. The van der Waals surface area contributed by atoms with Gasteiger partial charge in [-0.15, -0.1) is 0 Å². The van der Waals surface area contributed by atoms with E-state index in [0.717, 1.165) is 18.4 Å². The maximum absolute atomic E-state index is 12.5. The van der Waals surface area contributed by atoms with E-state index in [0.29, 0.717) is 19.8 Å². The van der Waals surface area contributed by atoms with Crippen molar-refractivity contribution in [1.82, 2.24) is 4.90 Å². The fraction of sp³-hybridized carbons (Fsp3) is 0.611. The highest BCUT2D eigenvalue weighted by Crippen LogP contribution is 2.33. The molecule has 0 aromatic heterocycles. The highest BCUT2D eigenvalue weighted by Gasteiger charge is 2.46. The number of amides is 1. The second kappa shape index (κ2) is 7.32. The molecule has 1 saturated heterocycles. The Labute approximate surface area is 138 Å². The van der Waals surface area contributed by atoms with Crippen LogP contribution in [0.1, 0.15) is 39.2 Å². The van der Waals surface area contributed by atoms with Crippen LogP contribution < -0.4 is 0 Å². The Kier molecular flexibility index (Phi) is 5.65. The summed E-state index contributed by atoms with van der Waals surface area (Å²) >= 11 is 0. The minimum absolute atomic E-state index is 0.332. The smallest absolute Gasteiger partial charge is 0.412 e. The predicted octanol–water partition coefficient (Wildman–Crippen LogP) is 3.58. The van der Waals surface area contributed by atoms with E-state index >= 15 is 0 Å². The molecule has 1 amide bonds. The van der Waals surface area contributed by atoms with Crippen molar-refractivity contribution < 1.29 is 19.0 Å². The Morgan fingerprint density at radius 2 is 1.96 bits per heavy atom. The van der Waals surface area contributed by atoms with E-state index in [1.54, 1.807) is 12.0 Å². The van der Waals surface area contributed by atoms with Gasteiger partial charge < -0.3 is 14.2 Å². The van der Waals surface area contributed by atoms with Gasteiger partial charge in [-0.3, -0.25) is 4.90 Å². The van der Waals surface area contributed by atoms with Crippen LogP contribution in [0.5, 0.6) is 0 Å². The molecule has 0 N–H and O–H groups in total. The minimum atomic E-state index is -0.757. The molecule has 128 valence electrons. The Morgan fingerprint density at radius 1 is 1.26 bits per heavy atom. The van der Waals surface area contributed by atoms with Crippen molar-refractivity contribution in [3.8, 4) is 0 Å². The van der Waals surface area contributed by atoms with E-state index in [9.17, 15) is 4.79 Å². The van der Waals surface area contributed by atoms with Crippen LogP contribution in [0.25, 0.3) is 0 Å². The zero-order chi connectivity index (χ0) is 16.9. The first-order chi connectivity index (χ1) is 10.9. The van der Waals surface area contributed by atoms with Gasteiger partial charge in [0.2, 0.25) is 0 Å². The van der Waals surface area contributed by atoms with E-state index < -0.39 is 11.3 Å². The summed E-state index contributed by atoms with van der Waals surface area (Å²) in [5, 5.41) is 0. The van der Waals surface area contributed by atoms with E-state index in [1.807, 2.05) is 51.1 Å². The molecule has 0 spiro atoms. The van der Waals surface area contributed by atoms with E-state index in [2.05, 4.69) is 0 Å². The third kappa shape index (κ3) is 4.69. The Hall–Kier alpha value is -1.59. The molecule has 0 aliphatic carbocycles. The summed E-state index contributed by atoms with van der Waals surface area (Å²) < 4.78 is 17.0. The average molecular weight is 321 g/mol. The number of ether oxygens (including phenoxy) is 3. The zero-order valence-electron chi connectivity index (χ0n) is 14.5. The van der Waals surface area contributed by atoms with Crippen LogP contribution in [-0.4, -0.2) is 42.6 Å². The molecule has 1 aliphatic rings. The summed E-state index contributed by atoms with van der Waals surface area (Å²) in [7, 11) is 1.62. The molecule has 1 unspecified atom stereocenters. The number of methoxy groups -OCH3 is 1. The van der Waals surface area contributed by atoms with Crippen LogP contribution >= 0.6 is 0 Å². The Morgan fingerprint density at radius 3 is 2.57 bits per heavy atom. The molecule has 0 bridgehead atoms. The van der Waals surface area contributed by atoms with Crippen LogP contribution in [-0.2, 0) is 20.8 Å². The van der Waals surface area contributed by atoms with Crippen molar-refractivity contribution in [2.75, 3.05) is 20.3 Å². The lowest BCUT2D eigenvalue weighted by atomic mass is 10.1. The van der Waals surface area contributed by atoms with Gasteiger partial charge in [0.1, 0.15) is 5.60 Å². The highest BCUT2D eigenvalue weighted by atomic mass is 16.6. The van der Waals surface area contributed by atoms with Crippen molar-refractivity contribution in [3.63, 3.8) is 0 Å². The normalized spacial score (nSPS) is 21.5. The van der Waals surface area contributed by atoms with Gasteiger partial charge in [-0.05, 0) is 39.2 Å². The highest BCUT2D eigenvalue weighted by molar-refractivity contribution is 5.69. The molecule has 1 aromatic rings. The standard InChI is InChI=1S/C18H27NO4/c1-17(2,3)23-16(20)19-12-8-11-18(19,14-21-4)22-13-15-9-6-5-7-10-15/h5-7,9-10H,8,11-14H2,1-4H3. The van der Waals surface area contributed by atoms with E-state index in [-0.39, 0.29) is 6.09 Å². The van der Waals surface area contributed by atoms with Crippen molar-refractivity contribution in [3.05, 3.63) is 35.9 Å². The minimum Gasteiger partial charge on any atom is -0.444 e. The van der Waals surface area contributed by atoms with Crippen molar-refractivity contribution >= 4 is 6.09 Å². The third-order valence-electron chi connectivity index (χ3n) is 3.78. The molecule has 5 nitrogen and oxygen atoms in total. The van der Waals surface area contributed by atoms with Crippen LogP contribution in [0.3, 0.4) is 0 Å². The van der Waals surface area contributed by atoms with Gasteiger partial charge in [0, 0.05) is 13.7 Å². The summed E-state index contributed by atoms with van der Waals surface area (Å²) in [6.07, 6.45) is 1.27. The average Bonchev–Trinajstić information content (AvgIpc) is 2.89. The third-order valence-corrected chi connectivity index (χ3v) is 3.78. The van der Waals surface area contributed by atoms with Crippen molar-refractivity contribution in [1.29, 1.82) is 0 Å². The van der Waals surface area contributed by atoms with Crippen LogP contribution in [0.4, 0.5) is 4.79 Å². The molecule has 5 heteroatoms. The quantitative estimate of drug-likeness (QED) is 0.832. The number of benzene rings is 1. The summed E-state index contributed by atoms with van der Waals surface area (Å²) in [4.78, 5) is 14.2. The van der Waals surface area contributed by atoms with Gasteiger partial charge in [-0.2, -0.15) is 0 Å². The Bertz CT molecular complexity index is 512. The van der Waals surface area contributed by atoms with Gasteiger partial charge in [-0.1, -0.05) is 30.3 Å². The molecule has 2 rings (SSSR count). The first kappa shape index (κ1) is 17.8. The number of likely N-dealkylation sites (tertiary alicyclic amines) is 1. The lowest BCUT2D eigenvalue weighted by molar-refractivity contribution is -0.167. The van der Waals surface area contributed by atoms with Gasteiger partial charge >= 0.3 is 6.09 Å². The fourth-order valence-electron chi connectivity index (χ4n) is 2.79. The van der Waals surface area contributed by atoms with Crippen LogP contribution in [0.15, 0.2) is 30.3 Å². The van der Waals surface area contributed by atoms with E-state index in [4.69, 9.17) is 14.2 Å². The molecular weight excluding hydrogens is 294 g/mol. The summed E-state index contributed by atoms with van der Waals surface area (Å²) in [6.45, 7) is 6.98.